The van der Waals surface area contributed by atoms with E-state index >= 15 is 0 Å². The standard InChI is InChI=1S/C39H52FN3O5/c1-2-18-42(19-5-6-20-43-36(44)26-39(27-37(43)45)16-3-4-17-39)32-25-33-34(8-7-9-35(33)48-28-32)47-24-23-41-21-14-30(15-22-41)38(46)29-10-12-31(40)13-11-29/h7-13,30,32H,2-6,14-28H2,1H3. The number of likely N-dealkylation sites (tertiary alicyclic amines) is 2. The zero-order valence-electron chi connectivity index (χ0n) is 28.6. The van der Waals surface area contributed by atoms with Crippen molar-refractivity contribution in [2.45, 2.75) is 90.0 Å². The first-order valence-corrected chi connectivity index (χ1v) is 18.3. The Bertz CT molecular complexity index is 1400. The maximum atomic E-state index is 13.3. The van der Waals surface area contributed by atoms with E-state index in [1.807, 2.05) is 18.2 Å². The molecule has 8 nitrogen and oxygen atoms in total. The zero-order chi connectivity index (χ0) is 33.5. The van der Waals surface area contributed by atoms with Gasteiger partial charge >= 0.3 is 0 Å². The van der Waals surface area contributed by atoms with Crippen molar-refractivity contribution in [1.82, 2.24) is 14.7 Å². The van der Waals surface area contributed by atoms with E-state index in [1.165, 1.54) is 17.0 Å². The molecule has 0 N–H and O–H groups in total. The molecule has 2 amide bonds. The Morgan fingerprint density at radius 3 is 2.42 bits per heavy atom. The van der Waals surface area contributed by atoms with Gasteiger partial charge in [0.2, 0.25) is 11.8 Å². The lowest BCUT2D eigenvalue weighted by atomic mass is 9.76. The number of amides is 2. The van der Waals surface area contributed by atoms with Crippen LogP contribution in [0.15, 0.2) is 42.5 Å². The highest BCUT2D eigenvalue weighted by atomic mass is 19.1. The number of halogens is 1. The molecule has 2 saturated heterocycles. The molecule has 1 aliphatic carbocycles. The molecule has 0 aromatic heterocycles. The Labute approximate surface area is 284 Å². The first kappa shape index (κ1) is 34.6. The second-order valence-corrected chi connectivity index (χ2v) is 14.5. The summed E-state index contributed by atoms with van der Waals surface area (Å²) < 4.78 is 25.9. The summed E-state index contributed by atoms with van der Waals surface area (Å²) >= 11 is 0. The molecule has 48 heavy (non-hydrogen) atoms. The van der Waals surface area contributed by atoms with Crippen LogP contribution in [-0.4, -0.2) is 90.8 Å². The van der Waals surface area contributed by atoms with Gasteiger partial charge in [0.1, 0.15) is 30.5 Å². The second kappa shape index (κ2) is 15.9. The molecule has 1 spiro atoms. The smallest absolute Gasteiger partial charge is 0.229 e. The van der Waals surface area contributed by atoms with Crippen molar-refractivity contribution in [3.8, 4) is 11.5 Å². The largest absolute Gasteiger partial charge is 0.492 e. The van der Waals surface area contributed by atoms with E-state index < -0.39 is 0 Å². The number of ether oxygens (including phenoxy) is 2. The number of rotatable bonds is 14. The van der Waals surface area contributed by atoms with Crippen LogP contribution in [0.25, 0.3) is 0 Å². The Balaban J connectivity index is 0.953. The lowest BCUT2D eigenvalue weighted by Gasteiger charge is -2.37. The molecule has 3 heterocycles. The summed E-state index contributed by atoms with van der Waals surface area (Å²) in [7, 11) is 0. The Hall–Kier alpha value is -3.30. The summed E-state index contributed by atoms with van der Waals surface area (Å²) in [4.78, 5) is 45.0. The molecule has 0 radical (unpaired) electrons. The highest BCUT2D eigenvalue weighted by molar-refractivity contribution is 5.98. The predicted octanol–water partition coefficient (Wildman–Crippen LogP) is 6.30. The third-order valence-electron chi connectivity index (χ3n) is 11.1. The number of ketones is 1. The predicted molar refractivity (Wildman–Crippen MR) is 183 cm³/mol. The van der Waals surface area contributed by atoms with Gasteiger partial charge in [0.15, 0.2) is 5.78 Å². The van der Waals surface area contributed by atoms with E-state index in [9.17, 15) is 18.8 Å². The van der Waals surface area contributed by atoms with E-state index in [0.717, 1.165) is 114 Å². The van der Waals surface area contributed by atoms with Gasteiger partial charge < -0.3 is 9.47 Å². The molecular formula is C39H52FN3O5. The molecule has 4 aliphatic rings. The topological polar surface area (TPSA) is 79.4 Å². The van der Waals surface area contributed by atoms with E-state index in [1.54, 1.807) is 12.1 Å². The van der Waals surface area contributed by atoms with Crippen LogP contribution >= 0.6 is 0 Å². The lowest BCUT2D eigenvalue weighted by molar-refractivity contribution is -0.153. The number of hydrogen-bond donors (Lipinski definition) is 0. The number of carbonyl (C=O) groups is 3. The zero-order valence-corrected chi connectivity index (χ0v) is 28.6. The van der Waals surface area contributed by atoms with Crippen LogP contribution in [-0.2, 0) is 16.0 Å². The maximum absolute atomic E-state index is 13.3. The van der Waals surface area contributed by atoms with Gasteiger partial charge in [-0.15, -0.1) is 0 Å². The van der Waals surface area contributed by atoms with E-state index in [-0.39, 0.29) is 40.8 Å². The Morgan fingerprint density at radius 2 is 1.71 bits per heavy atom. The highest BCUT2D eigenvalue weighted by Crippen LogP contribution is 2.47. The minimum atomic E-state index is -0.323. The van der Waals surface area contributed by atoms with Gasteiger partial charge in [-0.1, -0.05) is 25.8 Å². The second-order valence-electron chi connectivity index (χ2n) is 14.5. The Morgan fingerprint density at radius 1 is 0.979 bits per heavy atom. The van der Waals surface area contributed by atoms with Crippen LogP contribution in [0.2, 0.25) is 0 Å². The maximum Gasteiger partial charge on any atom is 0.229 e. The quantitative estimate of drug-likeness (QED) is 0.134. The molecule has 1 atom stereocenters. The number of Topliss-reactive ketones (excluding diaryl/α,β-unsaturated/α-hetero) is 1. The van der Waals surface area contributed by atoms with Crippen molar-refractivity contribution in [1.29, 1.82) is 0 Å². The SMILES string of the molecule is CCCN(CCCCN1C(=O)CC2(CCCC2)CC1=O)C1COc2cccc(OCCN3CCC(C(=O)c4ccc(F)cc4)CC3)c2C1. The fourth-order valence-corrected chi connectivity index (χ4v) is 8.40. The first-order valence-electron chi connectivity index (χ1n) is 18.3. The van der Waals surface area contributed by atoms with Gasteiger partial charge in [-0.05, 0) is 119 Å². The van der Waals surface area contributed by atoms with Crippen LogP contribution in [0.4, 0.5) is 4.39 Å². The van der Waals surface area contributed by atoms with Crippen LogP contribution in [0.1, 0.15) is 93.5 Å². The molecule has 2 aromatic rings. The average molecular weight is 662 g/mol. The van der Waals surface area contributed by atoms with Crippen LogP contribution in [0.5, 0.6) is 11.5 Å². The molecule has 1 saturated carbocycles. The lowest BCUT2D eigenvalue weighted by Crippen LogP contribution is -2.47. The molecule has 9 heteroatoms. The molecule has 6 rings (SSSR count). The van der Waals surface area contributed by atoms with Gasteiger partial charge in [-0.25, -0.2) is 4.39 Å². The van der Waals surface area contributed by atoms with Crippen LogP contribution in [0.3, 0.4) is 0 Å². The summed E-state index contributed by atoms with van der Waals surface area (Å²) in [5, 5.41) is 0. The fourth-order valence-electron chi connectivity index (χ4n) is 8.40. The number of piperidine rings is 2. The van der Waals surface area contributed by atoms with Crippen molar-refractivity contribution >= 4 is 17.6 Å². The minimum Gasteiger partial charge on any atom is -0.492 e. The van der Waals surface area contributed by atoms with Crippen LogP contribution in [0, 0.1) is 17.2 Å². The number of unbranched alkanes of at least 4 members (excludes halogenated alkanes) is 1. The molecule has 0 bridgehead atoms. The number of fused-ring (bicyclic) bond motifs is 1. The molecule has 2 aromatic carbocycles. The number of benzene rings is 2. The van der Waals surface area contributed by atoms with E-state index in [4.69, 9.17) is 9.47 Å². The minimum absolute atomic E-state index is 0.0206. The summed E-state index contributed by atoms with van der Waals surface area (Å²) in [5.41, 5.74) is 1.66. The van der Waals surface area contributed by atoms with Gasteiger partial charge in [0.05, 0.1) is 0 Å². The molecule has 3 fully saturated rings. The normalized spacial score (nSPS) is 21.5. The molecule has 260 valence electrons. The van der Waals surface area contributed by atoms with Crippen molar-refractivity contribution in [3.05, 3.63) is 59.4 Å². The highest BCUT2D eigenvalue weighted by Gasteiger charge is 2.44. The summed E-state index contributed by atoms with van der Waals surface area (Å²) in [6, 6.07) is 12.2. The van der Waals surface area contributed by atoms with Crippen molar-refractivity contribution in [3.63, 3.8) is 0 Å². The molecular weight excluding hydrogens is 609 g/mol. The number of imide groups is 1. The summed E-state index contributed by atoms with van der Waals surface area (Å²) in [6.07, 6.45) is 10.6. The van der Waals surface area contributed by atoms with Crippen molar-refractivity contribution in [2.24, 2.45) is 11.3 Å². The third kappa shape index (κ3) is 8.28. The average Bonchev–Trinajstić information content (AvgIpc) is 3.54. The monoisotopic (exact) mass is 661 g/mol. The van der Waals surface area contributed by atoms with Crippen LogP contribution < -0.4 is 9.47 Å². The first-order chi connectivity index (χ1) is 23.3. The molecule has 3 aliphatic heterocycles. The third-order valence-corrected chi connectivity index (χ3v) is 11.1. The summed E-state index contributed by atoms with van der Waals surface area (Å²) in [6.45, 7) is 8.26. The van der Waals surface area contributed by atoms with Gasteiger partial charge in [-0.2, -0.15) is 0 Å². The fraction of sp³-hybridized carbons (Fsp3) is 0.615. The molecule has 1 unspecified atom stereocenters. The van der Waals surface area contributed by atoms with Gasteiger partial charge in [0.25, 0.3) is 0 Å². The number of nitrogens with zero attached hydrogens (tertiary/aromatic N) is 3. The van der Waals surface area contributed by atoms with Gasteiger partial charge in [0, 0.05) is 49.0 Å². The van der Waals surface area contributed by atoms with Crippen molar-refractivity contribution in [2.75, 3.05) is 52.5 Å². The van der Waals surface area contributed by atoms with Crippen molar-refractivity contribution < 1.29 is 28.2 Å². The van der Waals surface area contributed by atoms with E-state index in [2.05, 4.69) is 16.7 Å². The number of hydrogen-bond acceptors (Lipinski definition) is 7. The van der Waals surface area contributed by atoms with Gasteiger partial charge in [-0.3, -0.25) is 29.1 Å². The summed E-state index contributed by atoms with van der Waals surface area (Å²) in [5.74, 6) is 1.59. The number of carbonyl (C=O) groups excluding carboxylic acids is 3. The van der Waals surface area contributed by atoms with E-state index in [0.29, 0.717) is 38.2 Å². The Kier molecular flexibility index (Phi) is 11.5.